The Morgan fingerprint density at radius 1 is 0.923 bits per heavy atom. The number of hydrogen-bond donors (Lipinski definition) is 3. The lowest BCUT2D eigenvalue weighted by Gasteiger charge is -2.16. The second-order valence-electron chi connectivity index (χ2n) is 3.07. The molecular weight excluding hydrogens is 168 g/mol. The summed E-state index contributed by atoms with van der Waals surface area (Å²) in [6, 6.07) is 0. The molecule has 1 heterocycles. The standard InChI is InChI=1S/C8H18N4O/c13-8-12-5-3-9-1-2-10-7-11-4-6-12/h8-11H,1-7H2. The van der Waals surface area contributed by atoms with Gasteiger partial charge in [0.15, 0.2) is 0 Å². The molecule has 13 heavy (non-hydrogen) atoms. The number of nitrogens with zero attached hydrogens (tertiary/aromatic N) is 1. The van der Waals surface area contributed by atoms with E-state index in [0.717, 1.165) is 52.3 Å². The fourth-order valence-corrected chi connectivity index (χ4v) is 1.23. The van der Waals surface area contributed by atoms with Gasteiger partial charge in [-0.05, 0) is 0 Å². The predicted molar refractivity (Wildman–Crippen MR) is 51.4 cm³/mol. The first kappa shape index (κ1) is 10.4. The van der Waals surface area contributed by atoms with Crippen LogP contribution >= 0.6 is 0 Å². The first-order valence-electron chi connectivity index (χ1n) is 4.75. The van der Waals surface area contributed by atoms with Crippen molar-refractivity contribution in [3.05, 3.63) is 0 Å². The van der Waals surface area contributed by atoms with Crippen LogP contribution in [0, 0.1) is 0 Å². The van der Waals surface area contributed by atoms with Crippen LogP contribution in [0.1, 0.15) is 0 Å². The smallest absolute Gasteiger partial charge is 0.209 e. The summed E-state index contributed by atoms with van der Waals surface area (Å²) < 4.78 is 0. The third-order valence-electron chi connectivity index (χ3n) is 2.03. The van der Waals surface area contributed by atoms with Crippen LogP contribution in [0.4, 0.5) is 0 Å². The van der Waals surface area contributed by atoms with Gasteiger partial charge in [-0.15, -0.1) is 0 Å². The van der Waals surface area contributed by atoms with Gasteiger partial charge in [0.25, 0.3) is 0 Å². The molecule has 1 fully saturated rings. The van der Waals surface area contributed by atoms with E-state index in [1.807, 2.05) is 0 Å². The Morgan fingerprint density at radius 2 is 1.54 bits per heavy atom. The number of rotatable bonds is 1. The highest BCUT2D eigenvalue weighted by molar-refractivity contribution is 5.46. The molecule has 0 spiro atoms. The molecule has 0 unspecified atom stereocenters. The molecule has 76 valence electrons. The van der Waals surface area contributed by atoms with Crippen LogP contribution in [-0.4, -0.2) is 57.2 Å². The molecule has 1 aliphatic rings. The van der Waals surface area contributed by atoms with Gasteiger partial charge in [-0.1, -0.05) is 0 Å². The topological polar surface area (TPSA) is 56.4 Å². The van der Waals surface area contributed by atoms with Gasteiger partial charge in [-0.2, -0.15) is 0 Å². The largest absolute Gasteiger partial charge is 0.343 e. The summed E-state index contributed by atoms with van der Waals surface area (Å²) in [6.07, 6.45) is 0.911. The van der Waals surface area contributed by atoms with Crippen molar-refractivity contribution in [2.45, 2.75) is 0 Å². The molecule has 3 N–H and O–H groups in total. The second kappa shape index (κ2) is 6.82. The normalized spacial score (nSPS) is 22.0. The van der Waals surface area contributed by atoms with Crippen molar-refractivity contribution in [2.24, 2.45) is 0 Å². The van der Waals surface area contributed by atoms with E-state index in [-0.39, 0.29) is 0 Å². The summed E-state index contributed by atoms with van der Waals surface area (Å²) in [5.74, 6) is 0. The minimum atomic E-state index is 0.785. The molecule has 0 saturated carbocycles. The number of carbonyl (C=O) groups excluding carboxylic acids is 1. The zero-order valence-electron chi connectivity index (χ0n) is 7.88. The van der Waals surface area contributed by atoms with Crippen LogP contribution in [0.15, 0.2) is 0 Å². The van der Waals surface area contributed by atoms with E-state index in [0.29, 0.717) is 0 Å². The minimum absolute atomic E-state index is 0.785. The van der Waals surface area contributed by atoms with Gasteiger partial charge in [0.05, 0.1) is 0 Å². The van der Waals surface area contributed by atoms with Gasteiger partial charge >= 0.3 is 0 Å². The average molecular weight is 186 g/mol. The van der Waals surface area contributed by atoms with Crippen LogP contribution in [0.5, 0.6) is 0 Å². The van der Waals surface area contributed by atoms with Crippen LogP contribution < -0.4 is 16.0 Å². The number of hydrogen-bond acceptors (Lipinski definition) is 4. The zero-order valence-corrected chi connectivity index (χ0v) is 7.88. The molecule has 1 aliphatic heterocycles. The summed E-state index contributed by atoms with van der Waals surface area (Å²) in [5.41, 5.74) is 0. The third-order valence-corrected chi connectivity index (χ3v) is 2.03. The van der Waals surface area contributed by atoms with Crippen molar-refractivity contribution in [3.63, 3.8) is 0 Å². The van der Waals surface area contributed by atoms with E-state index in [4.69, 9.17) is 0 Å². The summed E-state index contributed by atoms with van der Waals surface area (Å²) in [4.78, 5) is 12.3. The lowest BCUT2D eigenvalue weighted by atomic mass is 10.5. The number of amides is 1. The van der Waals surface area contributed by atoms with E-state index >= 15 is 0 Å². The summed E-state index contributed by atoms with van der Waals surface area (Å²) in [6.45, 7) is 6.04. The van der Waals surface area contributed by atoms with E-state index in [1.54, 1.807) is 4.90 Å². The molecule has 0 aliphatic carbocycles. The maximum atomic E-state index is 10.6. The third kappa shape index (κ3) is 4.82. The van der Waals surface area contributed by atoms with Crippen LogP contribution in [0.3, 0.4) is 0 Å². The maximum Gasteiger partial charge on any atom is 0.209 e. The molecule has 1 amide bonds. The Morgan fingerprint density at radius 3 is 2.31 bits per heavy atom. The fraction of sp³-hybridized carbons (Fsp3) is 0.875. The Kier molecular flexibility index (Phi) is 5.47. The molecule has 0 aromatic heterocycles. The van der Waals surface area contributed by atoms with Gasteiger partial charge < -0.3 is 20.9 Å². The fourth-order valence-electron chi connectivity index (χ4n) is 1.23. The van der Waals surface area contributed by atoms with E-state index in [2.05, 4.69) is 16.0 Å². The summed E-state index contributed by atoms with van der Waals surface area (Å²) in [5, 5.41) is 9.70. The maximum absolute atomic E-state index is 10.6. The molecule has 0 aromatic carbocycles. The quantitative estimate of drug-likeness (QED) is 0.422. The molecule has 5 heteroatoms. The Balaban J connectivity index is 2.22. The first-order valence-corrected chi connectivity index (χ1v) is 4.75. The zero-order chi connectivity index (χ0) is 9.36. The molecule has 0 aromatic rings. The Labute approximate surface area is 78.9 Å². The van der Waals surface area contributed by atoms with Crippen molar-refractivity contribution in [1.29, 1.82) is 0 Å². The van der Waals surface area contributed by atoms with Crippen molar-refractivity contribution in [1.82, 2.24) is 20.9 Å². The van der Waals surface area contributed by atoms with Gasteiger partial charge in [0, 0.05) is 45.9 Å². The van der Waals surface area contributed by atoms with Gasteiger partial charge in [-0.25, -0.2) is 0 Å². The van der Waals surface area contributed by atoms with E-state index in [1.165, 1.54) is 0 Å². The van der Waals surface area contributed by atoms with E-state index < -0.39 is 0 Å². The van der Waals surface area contributed by atoms with Crippen molar-refractivity contribution >= 4 is 6.41 Å². The van der Waals surface area contributed by atoms with Gasteiger partial charge in [0.2, 0.25) is 6.41 Å². The molecule has 0 atom stereocenters. The Hall–Kier alpha value is -0.650. The summed E-state index contributed by atoms with van der Waals surface area (Å²) >= 11 is 0. The predicted octanol–water partition coefficient (Wildman–Crippen LogP) is -1.82. The molecule has 0 radical (unpaired) electrons. The average Bonchev–Trinajstić information content (AvgIpc) is 2.22. The second-order valence-corrected chi connectivity index (χ2v) is 3.07. The highest BCUT2D eigenvalue weighted by Gasteiger charge is 2.01. The highest BCUT2D eigenvalue weighted by atomic mass is 16.1. The monoisotopic (exact) mass is 186 g/mol. The molecule has 1 rings (SSSR count). The van der Waals surface area contributed by atoms with Crippen LogP contribution in [-0.2, 0) is 4.79 Å². The SMILES string of the molecule is O=CN1CCNCCNCNCC1. The minimum Gasteiger partial charge on any atom is -0.343 e. The molecular formula is C8H18N4O. The Bertz CT molecular complexity index is 130. The lowest BCUT2D eigenvalue weighted by Crippen LogP contribution is -2.36. The van der Waals surface area contributed by atoms with Crippen LogP contribution in [0.2, 0.25) is 0 Å². The number of carbonyl (C=O) groups is 1. The van der Waals surface area contributed by atoms with Gasteiger partial charge in [-0.3, -0.25) is 4.79 Å². The molecule has 1 saturated heterocycles. The summed E-state index contributed by atoms with van der Waals surface area (Å²) in [7, 11) is 0. The first-order chi connectivity index (χ1) is 6.43. The molecule has 5 nitrogen and oxygen atoms in total. The van der Waals surface area contributed by atoms with Crippen molar-refractivity contribution in [2.75, 3.05) is 45.9 Å². The molecule has 0 bridgehead atoms. The van der Waals surface area contributed by atoms with E-state index in [9.17, 15) is 4.79 Å². The van der Waals surface area contributed by atoms with Gasteiger partial charge in [0.1, 0.15) is 0 Å². The highest BCUT2D eigenvalue weighted by Crippen LogP contribution is 1.80. The van der Waals surface area contributed by atoms with Crippen molar-refractivity contribution < 1.29 is 4.79 Å². The van der Waals surface area contributed by atoms with Crippen LogP contribution in [0.25, 0.3) is 0 Å². The number of nitrogens with one attached hydrogen (secondary N) is 3. The lowest BCUT2D eigenvalue weighted by molar-refractivity contribution is -0.118. The van der Waals surface area contributed by atoms with Crippen molar-refractivity contribution in [3.8, 4) is 0 Å².